The molecule has 0 fully saturated rings. The number of aromatic nitrogens is 2. The van der Waals surface area contributed by atoms with Crippen LogP contribution in [0.25, 0.3) is 0 Å². The molecule has 0 aliphatic carbocycles. The lowest BCUT2D eigenvalue weighted by Crippen LogP contribution is -2.11. The first-order valence-corrected chi connectivity index (χ1v) is 6.86. The van der Waals surface area contributed by atoms with Gasteiger partial charge in [-0.2, -0.15) is 5.10 Å². The summed E-state index contributed by atoms with van der Waals surface area (Å²) in [4.78, 5) is 0. The zero-order valence-electron chi connectivity index (χ0n) is 11.6. The van der Waals surface area contributed by atoms with Gasteiger partial charge in [-0.15, -0.1) is 0 Å². The van der Waals surface area contributed by atoms with Gasteiger partial charge in [-0.05, 0) is 31.7 Å². The minimum atomic E-state index is -0.371. The fourth-order valence-electron chi connectivity index (χ4n) is 2.29. The van der Waals surface area contributed by atoms with E-state index in [1.165, 1.54) is 12.8 Å². The first-order valence-electron chi connectivity index (χ1n) is 6.86. The van der Waals surface area contributed by atoms with Gasteiger partial charge in [-0.1, -0.05) is 33.6 Å². The molecule has 0 bridgehead atoms. The Morgan fingerprint density at radius 1 is 1.35 bits per heavy atom. The van der Waals surface area contributed by atoms with E-state index < -0.39 is 0 Å². The summed E-state index contributed by atoms with van der Waals surface area (Å²) in [5.74, 6) is 0.570. The molecule has 0 amide bonds. The van der Waals surface area contributed by atoms with E-state index in [-0.39, 0.29) is 6.10 Å². The molecule has 1 N–H and O–H groups in total. The van der Waals surface area contributed by atoms with Gasteiger partial charge in [0.05, 0.1) is 17.5 Å². The summed E-state index contributed by atoms with van der Waals surface area (Å²) in [6.07, 6.45) is 3.75. The molecule has 0 aromatic carbocycles. The molecular weight excluding hydrogens is 212 g/mol. The Labute approximate surface area is 105 Å². The third-order valence-corrected chi connectivity index (χ3v) is 3.27. The van der Waals surface area contributed by atoms with E-state index in [9.17, 15) is 5.11 Å². The maximum Gasteiger partial charge on any atom is 0.0959 e. The van der Waals surface area contributed by atoms with Crippen LogP contribution in [0.15, 0.2) is 6.07 Å². The first-order chi connectivity index (χ1) is 8.12. The lowest BCUT2D eigenvalue weighted by atomic mass is 9.97. The number of aryl methyl sites for hydroxylation is 2. The smallest absolute Gasteiger partial charge is 0.0959 e. The van der Waals surface area contributed by atoms with Crippen LogP contribution in [-0.2, 0) is 13.0 Å². The second-order valence-electron chi connectivity index (χ2n) is 4.88. The quantitative estimate of drug-likeness (QED) is 0.791. The predicted octanol–water partition coefficient (Wildman–Crippen LogP) is 3.33. The SMILES string of the molecule is CCCC(C)CC(O)c1cc(CC)nn1CC. The van der Waals surface area contributed by atoms with Crippen molar-refractivity contribution in [2.75, 3.05) is 0 Å². The minimum Gasteiger partial charge on any atom is -0.387 e. The molecule has 0 aliphatic rings. The zero-order chi connectivity index (χ0) is 12.8. The van der Waals surface area contributed by atoms with Crippen LogP contribution in [0.3, 0.4) is 0 Å². The molecule has 1 rings (SSSR count). The third kappa shape index (κ3) is 3.84. The standard InChI is InChI=1S/C14H26N2O/c1-5-8-11(4)9-14(17)13-10-12(6-2)15-16(13)7-3/h10-11,14,17H,5-9H2,1-4H3. The number of nitrogens with zero attached hydrogens (tertiary/aromatic N) is 2. The molecular formula is C14H26N2O. The zero-order valence-corrected chi connectivity index (χ0v) is 11.6. The van der Waals surface area contributed by atoms with Crippen molar-refractivity contribution in [1.82, 2.24) is 9.78 Å². The molecule has 1 aromatic heterocycles. The summed E-state index contributed by atoms with van der Waals surface area (Å²) < 4.78 is 1.93. The van der Waals surface area contributed by atoms with E-state index in [4.69, 9.17) is 0 Å². The van der Waals surface area contributed by atoms with Gasteiger partial charge < -0.3 is 5.11 Å². The monoisotopic (exact) mass is 238 g/mol. The van der Waals surface area contributed by atoms with Crippen molar-refractivity contribution < 1.29 is 5.11 Å². The maximum atomic E-state index is 10.3. The first kappa shape index (κ1) is 14.2. The van der Waals surface area contributed by atoms with Gasteiger partial charge in [0.25, 0.3) is 0 Å². The van der Waals surface area contributed by atoms with Crippen molar-refractivity contribution in [3.05, 3.63) is 17.5 Å². The number of hydrogen-bond acceptors (Lipinski definition) is 2. The highest BCUT2D eigenvalue weighted by Crippen LogP contribution is 2.24. The average Bonchev–Trinajstić information content (AvgIpc) is 2.72. The molecule has 0 saturated heterocycles. The van der Waals surface area contributed by atoms with Crippen molar-refractivity contribution in [3.63, 3.8) is 0 Å². The summed E-state index contributed by atoms with van der Waals surface area (Å²) in [6.45, 7) is 9.39. The minimum absolute atomic E-state index is 0.371. The van der Waals surface area contributed by atoms with Gasteiger partial charge in [-0.3, -0.25) is 4.68 Å². The van der Waals surface area contributed by atoms with Crippen LogP contribution in [0.4, 0.5) is 0 Å². The Bertz CT molecular complexity index is 333. The lowest BCUT2D eigenvalue weighted by Gasteiger charge is -2.16. The van der Waals surface area contributed by atoms with Crippen LogP contribution < -0.4 is 0 Å². The maximum absolute atomic E-state index is 10.3. The Hall–Kier alpha value is -0.830. The molecule has 2 unspecified atom stereocenters. The predicted molar refractivity (Wildman–Crippen MR) is 70.9 cm³/mol. The van der Waals surface area contributed by atoms with Gasteiger partial charge >= 0.3 is 0 Å². The molecule has 1 aromatic rings. The van der Waals surface area contributed by atoms with Crippen molar-refractivity contribution in [2.24, 2.45) is 5.92 Å². The normalized spacial score (nSPS) is 14.9. The Morgan fingerprint density at radius 3 is 2.59 bits per heavy atom. The molecule has 0 saturated carbocycles. The van der Waals surface area contributed by atoms with E-state index in [0.717, 1.165) is 30.8 Å². The summed E-state index contributed by atoms with van der Waals surface area (Å²) in [5, 5.41) is 14.8. The molecule has 2 atom stereocenters. The van der Waals surface area contributed by atoms with Crippen LogP contribution in [0.2, 0.25) is 0 Å². The highest BCUT2D eigenvalue weighted by atomic mass is 16.3. The van der Waals surface area contributed by atoms with Crippen LogP contribution in [0.1, 0.15) is 64.4 Å². The topological polar surface area (TPSA) is 38.1 Å². The van der Waals surface area contributed by atoms with Crippen molar-refractivity contribution in [2.45, 2.75) is 66.0 Å². The highest BCUT2D eigenvalue weighted by molar-refractivity contribution is 5.13. The van der Waals surface area contributed by atoms with E-state index in [2.05, 4.69) is 32.8 Å². The highest BCUT2D eigenvalue weighted by Gasteiger charge is 2.17. The number of rotatable bonds is 7. The van der Waals surface area contributed by atoms with Crippen LogP contribution in [0.5, 0.6) is 0 Å². The Morgan fingerprint density at radius 2 is 2.06 bits per heavy atom. The van der Waals surface area contributed by atoms with E-state index >= 15 is 0 Å². The number of hydrogen-bond donors (Lipinski definition) is 1. The molecule has 1 heterocycles. The van der Waals surface area contributed by atoms with Crippen molar-refractivity contribution in [3.8, 4) is 0 Å². The van der Waals surface area contributed by atoms with E-state index in [1.807, 2.05) is 10.7 Å². The van der Waals surface area contributed by atoms with Gasteiger partial charge in [0.1, 0.15) is 0 Å². The van der Waals surface area contributed by atoms with E-state index in [0.29, 0.717) is 5.92 Å². The largest absolute Gasteiger partial charge is 0.387 e. The van der Waals surface area contributed by atoms with Crippen LogP contribution >= 0.6 is 0 Å². The fourth-order valence-corrected chi connectivity index (χ4v) is 2.29. The molecule has 17 heavy (non-hydrogen) atoms. The summed E-state index contributed by atoms with van der Waals surface area (Å²) in [5.41, 5.74) is 2.05. The third-order valence-electron chi connectivity index (χ3n) is 3.27. The van der Waals surface area contributed by atoms with Crippen molar-refractivity contribution >= 4 is 0 Å². The van der Waals surface area contributed by atoms with Gasteiger partial charge in [0.2, 0.25) is 0 Å². The molecule has 3 heteroatoms. The summed E-state index contributed by atoms with van der Waals surface area (Å²) in [6, 6.07) is 2.05. The molecule has 0 radical (unpaired) electrons. The van der Waals surface area contributed by atoms with Crippen LogP contribution in [-0.4, -0.2) is 14.9 Å². The molecule has 3 nitrogen and oxygen atoms in total. The second kappa shape index (κ2) is 6.80. The van der Waals surface area contributed by atoms with Gasteiger partial charge in [-0.25, -0.2) is 0 Å². The second-order valence-corrected chi connectivity index (χ2v) is 4.88. The average molecular weight is 238 g/mol. The van der Waals surface area contributed by atoms with Gasteiger partial charge in [0.15, 0.2) is 0 Å². The Balaban J connectivity index is 2.73. The fraction of sp³-hybridized carbons (Fsp3) is 0.786. The summed E-state index contributed by atoms with van der Waals surface area (Å²) in [7, 11) is 0. The molecule has 98 valence electrons. The summed E-state index contributed by atoms with van der Waals surface area (Å²) >= 11 is 0. The van der Waals surface area contributed by atoms with Crippen molar-refractivity contribution in [1.29, 1.82) is 0 Å². The molecule has 0 aliphatic heterocycles. The number of aliphatic hydroxyl groups excluding tert-OH is 1. The van der Waals surface area contributed by atoms with Crippen LogP contribution in [0, 0.1) is 5.92 Å². The van der Waals surface area contributed by atoms with Gasteiger partial charge in [0, 0.05) is 6.54 Å². The molecule has 0 spiro atoms. The van der Waals surface area contributed by atoms with E-state index in [1.54, 1.807) is 0 Å². The Kier molecular flexibility index (Phi) is 5.69. The lowest BCUT2D eigenvalue weighted by molar-refractivity contribution is 0.135. The number of aliphatic hydroxyl groups is 1.